The van der Waals surface area contributed by atoms with E-state index in [-0.39, 0.29) is 17.8 Å². The quantitative estimate of drug-likeness (QED) is 0.710. The van der Waals surface area contributed by atoms with Gasteiger partial charge in [0.2, 0.25) is 5.71 Å². The van der Waals surface area contributed by atoms with Crippen molar-refractivity contribution in [2.24, 2.45) is 0 Å². The van der Waals surface area contributed by atoms with Crippen molar-refractivity contribution in [1.29, 1.82) is 0 Å². The first-order valence-electron chi connectivity index (χ1n) is 11.4. The van der Waals surface area contributed by atoms with Gasteiger partial charge in [-0.05, 0) is 49.3 Å². The number of carbonyl (C=O) groups excluding carboxylic acids is 1. The maximum atomic E-state index is 13.1. The van der Waals surface area contributed by atoms with E-state index in [0.29, 0.717) is 18.2 Å². The van der Waals surface area contributed by atoms with E-state index in [1.165, 1.54) is 0 Å². The molecule has 7 nitrogen and oxygen atoms in total. The first-order valence-corrected chi connectivity index (χ1v) is 11.4. The summed E-state index contributed by atoms with van der Waals surface area (Å²) in [4.78, 5) is 17.4. The minimum Gasteiger partial charge on any atom is -0.508 e. The third kappa shape index (κ3) is 4.65. The lowest BCUT2D eigenvalue weighted by Crippen LogP contribution is -2.41. The van der Waals surface area contributed by atoms with Crippen molar-refractivity contribution >= 4 is 11.6 Å². The van der Waals surface area contributed by atoms with E-state index in [2.05, 4.69) is 28.6 Å². The number of methoxy groups -OCH3 is 2. The largest absolute Gasteiger partial charge is 0.508 e. The SMILES string of the molecule is COCC(C)N1CCC[N+](=C2C=CC(N3CCc4cc(O)ccc4C3=O)=CC2OC)CC1. The van der Waals surface area contributed by atoms with Gasteiger partial charge in [0, 0.05) is 57.1 Å². The van der Waals surface area contributed by atoms with Gasteiger partial charge in [0.25, 0.3) is 5.91 Å². The van der Waals surface area contributed by atoms with Gasteiger partial charge >= 0.3 is 0 Å². The van der Waals surface area contributed by atoms with Gasteiger partial charge in [0.1, 0.15) is 12.3 Å². The number of rotatable bonds is 5. The molecule has 7 heteroatoms. The van der Waals surface area contributed by atoms with Crippen LogP contribution in [0, 0.1) is 0 Å². The Morgan fingerprint density at radius 3 is 2.81 bits per heavy atom. The summed E-state index contributed by atoms with van der Waals surface area (Å²) in [6.07, 6.45) is 7.81. The van der Waals surface area contributed by atoms with E-state index in [9.17, 15) is 9.90 Å². The van der Waals surface area contributed by atoms with Crippen LogP contribution >= 0.6 is 0 Å². The summed E-state index contributed by atoms with van der Waals surface area (Å²) in [7, 11) is 3.48. The normalized spacial score (nSPS) is 25.3. The third-order valence-corrected chi connectivity index (χ3v) is 6.70. The van der Waals surface area contributed by atoms with Crippen molar-refractivity contribution < 1.29 is 24.0 Å². The summed E-state index contributed by atoms with van der Waals surface area (Å²) >= 11 is 0. The molecule has 2 aliphatic heterocycles. The van der Waals surface area contributed by atoms with Crippen molar-refractivity contribution in [2.75, 3.05) is 53.6 Å². The summed E-state index contributed by atoms with van der Waals surface area (Å²) in [5.74, 6) is 0.172. The van der Waals surface area contributed by atoms with Gasteiger partial charge in [-0.3, -0.25) is 9.69 Å². The molecule has 3 aliphatic rings. The lowest BCUT2D eigenvalue weighted by Gasteiger charge is -2.31. The van der Waals surface area contributed by atoms with Crippen LogP contribution in [-0.2, 0) is 15.9 Å². The van der Waals surface area contributed by atoms with Crippen molar-refractivity contribution in [3.63, 3.8) is 0 Å². The topological polar surface area (TPSA) is 65.2 Å². The van der Waals surface area contributed by atoms with Crippen LogP contribution in [0.15, 0.2) is 42.1 Å². The Kier molecular flexibility index (Phi) is 7.08. The molecule has 0 radical (unpaired) electrons. The van der Waals surface area contributed by atoms with Gasteiger partial charge in [0.05, 0.1) is 13.2 Å². The predicted octanol–water partition coefficient (Wildman–Crippen LogP) is 2.05. The molecule has 1 saturated heterocycles. The molecule has 2 heterocycles. The van der Waals surface area contributed by atoms with Gasteiger partial charge in [-0.15, -0.1) is 0 Å². The summed E-state index contributed by atoms with van der Waals surface area (Å²) in [5, 5.41) is 9.72. The number of aromatic hydroxyl groups is 1. The third-order valence-electron chi connectivity index (χ3n) is 6.70. The zero-order valence-corrected chi connectivity index (χ0v) is 19.3. The average Bonchev–Trinajstić information content (AvgIpc) is 3.05. The second kappa shape index (κ2) is 9.98. The Bertz CT molecular complexity index is 953. The van der Waals surface area contributed by atoms with E-state index in [4.69, 9.17) is 9.47 Å². The summed E-state index contributed by atoms with van der Waals surface area (Å²) < 4.78 is 13.6. The minimum absolute atomic E-state index is 0.0296. The first-order chi connectivity index (χ1) is 15.5. The van der Waals surface area contributed by atoms with Crippen LogP contribution in [0.2, 0.25) is 0 Å². The van der Waals surface area contributed by atoms with Crippen LogP contribution in [0.1, 0.15) is 29.3 Å². The molecule has 1 aromatic carbocycles. The second-order valence-corrected chi connectivity index (χ2v) is 8.74. The number of hydrogen-bond acceptors (Lipinski definition) is 5. The smallest absolute Gasteiger partial charge is 0.258 e. The number of fused-ring (bicyclic) bond motifs is 1. The Balaban J connectivity index is 1.51. The fourth-order valence-corrected chi connectivity index (χ4v) is 4.92. The number of benzene rings is 1. The molecule has 2 unspecified atom stereocenters. The first kappa shape index (κ1) is 22.7. The number of phenolic OH excluding ortho intramolecular Hbond substituents is 1. The number of carbonyl (C=O) groups is 1. The molecule has 1 fully saturated rings. The Morgan fingerprint density at radius 1 is 1.19 bits per heavy atom. The van der Waals surface area contributed by atoms with E-state index in [1.807, 2.05) is 11.0 Å². The van der Waals surface area contributed by atoms with Gasteiger partial charge in [-0.25, -0.2) is 4.58 Å². The molecule has 1 aromatic rings. The zero-order valence-electron chi connectivity index (χ0n) is 19.3. The molecular formula is C25H34N3O4+. The number of hydrogen-bond donors (Lipinski definition) is 1. The van der Waals surface area contributed by atoms with Crippen molar-refractivity contribution in [3.8, 4) is 5.75 Å². The molecule has 0 aromatic heterocycles. The van der Waals surface area contributed by atoms with Crippen molar-refractivity contribution in [1.82, 2.24) is 9.80 Å². The number of amides is 1. The maximum Gasteiger partial charge on any atom is 0.258 e. The van der Waals surface area contributed by atoms with Gasteiger partial charge in [0.15, 0.2) is 12.6 Å². The van der Waals surface area contributed by atoms with Crippen LogP contribution in [0.3, 0.4) is 0 Å². The van der Waals surface area contributed by atoms with Crippen molar-refractivity contribution in [3.05, 3.63) is 53.3 Å². The fraction of sp³-hybridized carbons (Fsp3) is 0.520. The molecule has 0 spiro atoms. The van der Waals surface area contributed by atoms with Crippen LogP contribution in [0.5, 0.6) is 5.75 Å². The molecule has 0 saturated carbocycles. The fourth-order valence-electron chi connectivity index (χ4n) is 4.92. The molecule has 0 bridgehead atoms. The highest BCUT2D eigenvalue weighted by atomic mass is 16.5. The summed E-state index contributed by atoms with van der Waals surface area (Å²) in [6, 6.07) is 5.39. The number of phenols is 1. The highest BCUT2D eigenvalue weighted by Crippen LogP contribution is 2.27. The van der Waals surface area contributed by atoms with E-state index in [1.54, 1.807) is 32.4 Å². The Labute approximate surface area is 190 Å². The molecule has 32 heavy (non-hydrogen) atoms. The minimum atomic E-state index is -0.188. The van der Waals surface area contributed by atoms with E-state index >= 15 is 0 Å². The van der Waals surface area contributed by atoms with Crippen LogP contribution in [0.25, 0.3) is 0 Å². The van der Waals surface area contributed by atoms with E-state index in [0.717, 1.165) is 62.6 Å². The van der Waals surface area contributed by atoms with Crippen LogP contribution in [-0.4, -0.2) is 96.8 Å². The molecule has 172 valence electrons. The lowest BCUT2D eigenvalue weighted by molar-refractivity contribution is -0.525. The summed E-state index contributed by atoms with van der Waals surface area (Å²) in [5.41, 5.74) is 3.57. The zero-order chi connectivity index (χ0) is 22.7. The van der Waals surface area contributed by atoms with Gasteiger partial charge in [-0.1, -0.05) is 0 Å². The monoisotopic (exact) mass is 440 g/mol. The standard InChI is InChI=1S/C25H33N3O4/c1-18(17-31-2)26-10-4-11-27(14-13-26)23-8-5-20(16-24(23)32-3)28-12-9-19-15-21(29)6-7-22(19)25(28)30/h5-8,15-16,18,24H,4,9-14,17H2,1-3H3/p+1. The van der Waals surface area contributed by atoms with Crippen LogP contribution < -0.4 is 0 Å². The van der Waals surface area contributed by atoms with E-state index < -0.39 is 0 Å². The van der Waals surface area contributed by atoms with Crippen LogP contribution in [0.4, 0.5) is 0 Å². The molecule has 1 aliphatic carbocycles. The number of ether oxygens (including phenoxy) is 2. The lowest BCUT2D eigenvalue weighted by atomic mass is 9.96. The molecule has 2 atom stereocenters. The highest BCUT2D eigenvalue weighted by Gasteiger charge is 2.32. The summed E-state index contributed by atoms with van der Waals surface area (Å²) in [6.45, 7) is 7.53. The maximum absolute atomic E-state index is 13.1. The number of nitrogens with zero attached hydrogens (tertiary/aromatic N) is 3. The highest BCUT2D eigenvalue weighted by molar-refractivity contribution is 6.01. The molecule has 1 amide bonds. The molecule has 1 N–H and O–H groups in total. The van der Waals surface area contributed by atoms with Gasteiger partial charge < -0.3 is 19.5 Å². The Hall–Kier alpha value is -2.48. The average molecular weight is 441 g/mol. The Morgan fingerprint density at radius 2 is 2.03 bits per heavy atom. The molecule has 4 rings (SSSR count). The van der Waals surface area contributed by atoms with Crippen molar-refractivity contribution in [2.45, 2.75) is 31.9 Å². The molecular weight excluding hydrogens is 406 g/mol. The second-order valence-electron chi connectivity index (χ2n) is 8.74. The number of allylic oxidation sites excluding steroid dienone is 1. The van der Waals surface area contributed by atoms with Gasteiger partial charge in [-0.2, -0.15) is 0 Å². The predicted molar refractivity (Wildman–Crippen MR) is 123 cm³/mol.